The van der Waals surface area contributed by atoms with E-state index >= 15 is 0 Å². The Bertz CT molecular complexity index is 866. The molecular weight excluding hydrogens is 408 g/mol. The lowest BCUT2D eigenvalue weighted by molar-refractivity contribution is -0.0229. The zero-order chi connectivity index (χ0) is 17.6. The van der Waals surface area contributed by atoms with Crippen molar-refractivity contribution in [2.24, 2.45) is 0 Å². The Kier molecular flexibility index (Phi) is 4.35. The number of aromatic nitrogens is 1. The summed E-state index contributed by atoms with van der Waals surface area (Å²) in [5.74, 6) is -0.310. The molecule has 0 radical (unpaired) electrons. The van der Waals surface area contributed by atoms with E-state index in [9.17, 15) is 9.59 Å². The number of nitrogens with zero attached hydrogens (tertiary/aromatic N) is 2. The van der Waals surface area contributed by atoms with Gasteiger partial charge in [0.1, 0.15) is 17.6 Å². The minimum absolute atomic E-state index is 0.0335. The lowest BCUT2D eigenvalue weighted by Crippen LogP contribution is -2.42. The predicted octanol–water partition coefficient (Wildman–Crippen LogP) is 3.10. The lowest BCUT2D eigenvalue weighted by Gasteiger charge is -2.33. The molecule has 6 nitrogen and oxygen atoms in total. The third-order valence-electron chi connectivity index (χ3n) is 4.60. The molecule has 2 aromatic rings. The number of cyclic esters (lactones) is 1. The van der Waals surface area contributed by atoms with E-state index in [1.165, 1.54) is 11.3 Å². The fourth-order valence-electron chi connectivity index (χ4n) is 3.25. The highest BCUT2D eigenvalue weighted by atomic mass is 79.9. The Balaban J connectivity index is 1.58. The molecule has 0 N–H and O–H groups in total. The van der Waals surface area contributed by atoms with Crippen molar-refractivity contribution in [2.75, 3.05) is 19.7 Å². The van der Waals surface area contributed by atoms with Gasteiger partial charge >= 0.3 is 5.97 Å². The topological polar surface area (TPSA) is 68.7 Å². The van der Waals surface area contributed by atoms with E-state index in [2.05, 4.69) is 20.9 Å². The number of fused-ring (bicyclic) bond motifs is 1. The van der Waals surface area contributed by atoms with Crippen LogP contribution in [0.4, 0.5) is 0 Å². The van der Waals surface area contributed by atoms with Crippen LogP contribution >= 0.6 is 27.3 Å². The van der Waals surface area contributed by atoms with Crippen molar-refractivity contribution in [1.82, 2.24) is 9.88 Å². The number of ether oxygens (including phenoxy) is 2. The number of rotatable bonds is 2. The molecule has 1 amide bonds. The average Bonchev–Trinajstić information content (AvgIpc) is 3.21. The van der Waals surface area contributed by atoms with Gasteiger partial charge in [-0.3, -0.25) is 4.79 Å². The largest absolute Gasteiger partial charge is 0.457 e. The molecule has 1 fully saturated rings. The van der Waals surface area contributed by atoms with Gasteiger partial charge in [0.25, 0.3) is 5.91 Å². The minimum Gasteiger partial charge on any atom is -0.457 e. The maximum Gasteiger partial charge on any atom is 0.338 e. The molecule has 1 saturated heterocycles. The minimum atomic E-state index is -0.276. The van der Waals surface area contributed by atoms with Crippen molar-refractivity contribution < 1.29 is 19.1 Å². The molecule has 3 heterocycles. The van der Waals surface area contributed by atoms with Crippen LogP contribution in [0.5, 0.6) is 0 Å². The molecule has 0 aliphatic carbocycles. The summed E-state index contributed by atoms with van der Waals surface area (Å²) in [7, 11) is 0. The van der Waals surface area contributed by atoms with Crippen molar-refractivity contribution in [3.63, 3.8) is 0 Å². The molecule has 0 spiro atoms. The molecule has 0 unspecified atom stereocenters. The Morgan fingerprint density at radius 2 is 2.28 bits per heavy atom. The fraction of sp³-hybridized carbons (Fsp3) is 0.353. The van der Waals surface area contributed by atoms with E-state index in [4.69, 9.17) is 9.47 Å². The molecule has 4 rings (SSSR count). The second-order valence-corrected chi connectivity index (χ2v) is 8.28. The maximum atomic E-state index is 12.7. The third kappa shape index (κ3) is 2.98. The normalized spacial score (nSPS) is 19.7. The zero-order valence-electron chi connectivity index (χ0n) is 13.5. The van der Waals surface area contributed by atoms with Gasteiger partial charge in [-0.1, -0.05) is 6.07 Å². The van der Waals surface area contributed by atoms with Crippen LogP contribution in [0, 0.1) is 6.92 Å². The highest BCUT2D eigenvalue weighted by Crippen LogP contribution is 2.32. The van der Waals surface area contributed by atoms with Crippen LogP contribution in [0.15, 0.2) is 22.2 Å². The third-order valence-corrected chi connectivity index (χ3v) is 6.06. The summed E-state index contributed by atoms with van der Waals surface area (Å²) in [5.41, 5.74) is 3.55. The summed E-state index contributed by atoms with van der Waals surface area (Å²) in [6, 6.07) is 3.69. The lowest BCUT2D eigenvalue weighted by atomic mass is 9.94. The number of morpholine rings is 1. The summed E-state index contributed by atoms with van der Waals surface area (Å²) >= 11 is 4.61. The van der Waals surface area contributed by atoms with Gasteiger partial charge in [0.2, 0.25) is 0 Å². The van der Waals surface area contributed by atoms with E-state index < -0.39 is 0 Å². The first-order valence-corrected chi connectivity index (χ1v) is 9.47. The van der Waals surface area contributed by atoms with Crippen LogP contribution in [-0.4, -0.2) is 41.5 Å². The quantitative estimate of drug-likeness (QED) is 0.695. The Morgan fingerprint density at radius 1 is 1.44 bits per heavy atom. The Labute approximate surface area is 156 Å². The first-order chi connectivity index (χ1) is 12.0. The first kappa shape index (κ1) is 16.7. The number of halogens is 1. The zero-order valence-corrected chi connectivity index (χ0v) is 15.9. The van der Waals surface area contributed by atoms with E-state index in [1.807, 2.05) is 13.0 Å². The smallest absolute Gasteiger partial charge is 0.338 e. The van der Waals surface area contributed by atoms with E-state index in [-0.39, 0.29) is 18.0 Å². The number of amides is 1. The van der Waals surface area contributed by atoms with Crippen molar-refractivity contribution in [3.8, 4) is 0 Å². The number of benzene rings is 1. The second kappa shape index (κ2) is 6.51. The van der Waals surface area contributed by atoms with Gasteiger partial charge in [-0.15, -0.1) is 11.3 Å². The van der Waals surface area contributed by atoms with Crippen molar-refractivity contribution in [3.05, 3.63) is 49.4 Å². The van der Waals surface area contributed by atoms with Crippen LogP contribution in [0.25, 0.3) is 0 Å². The van der Waals surface area contributed by atoms with Crippen LogP contribution in [0.1, 0.15) is 42.8 Å². The van der Waals surface area contributed by atoms with Crippen molar-refractivity contribution in [1.29, 1.82) is 0 Å². The standard InChI is InChI=1S/C17H15BrN2O4S/c1-9-10(2-3-11-12(9)8-24-16(11)22)13-7-20(4-5-23-13)15(21)14-6-19-17(18)25-14/h2-3,6,13H,4-5,7-8H2,1H3/t13-/m0/s1. The monoisotopic (exact) mass is 422 g/mol. The summed E-state index contributed by atoms with van der Waals surface area (Å²) < 4.78 is 11.7. The number of hydrogen-bond acceptors (Lipinski definition) is 6. The molecular formula is C17H15BrN2O4S. The van der Waals surface area contributed by atoms with Gasteiger partial charge in [0, 0.05) is 12.1 Å². The molecule has 8 heteroatoms. The maximum absolute atomic E-state index is 12.7. The number of carbonyl (C=O) groups is 2. The second-order valence-electron chi connectivity index (χ2n) is 5.97. The summed E-state index contributed by atoms with van der Waals surface area (Å²) in [5, 5.41) is 0. The summed E-state index contributed by atoms with van der Waals surface area (Å²) in [6.07, 6.45) is 1.38. The highest BCUT2D eigenvalue weighted by molar-refractivity contribution is 9.11. The van der Waals surface area contributed by atoms with Gasteiger partial charge in [-0.05, 0) is 40.0 Å². The van der Waals surface area contributed by atoms with E-state index in [0.29, 0.717) is 40.7 Å². The molecule has 2 aliphatic rings. The average molecular weight is 423 g/mol. The Morgan fingerprint density at radius 3 is 3.04 bits per heavy atom. The summed E-state index contributed by atoms with van der Waals surface area (Å²) in [4.78, 5) is 30.8. The molecule has 1 atom stereocenters. The SMILES string of the molecule is Cc1c([C@@H]2CN(C(=O)c3cnc(Br)s3)CCO2)ccc2c1COC2=O. The van der Waals surface area contributed by atoms with Crippen LogP contribution in [-0.2, 0) is 16.1 Å². The van der Waals surface area contributed by atoms with Gasteiger partial charge in [-0.25, -0.2) is 9.78 Å². The fourth-order valence-corrected chi connectivity index (χ4v) is 4.48. The predicted molar refractivity (Wildman–Crippen MR) is 94.7 cm³/mol. The van der Waals surface area contributed by atoms with E-state index in [0.717, 1.165) is 16.7 Å². The van der Waals surface area contributed by atoms with Crippen LogP contribution in [0.3, 0.4) is 0 Å². The molecule has 1 aromatic carbocycles. The van der Waals surface area contributed by atoms with Gasteiger partial charge in [0.05, 0.1) is 24.9 Å². The number of thiazole rings is 1. The van der Waals surface area contributed by atoms with Crippen LogP contribution in [0.2, 0.25) is 0 Å². The molecule has 130 valence electrons. The first-order valence-electron chi connectivity index (χ1n) is 7.86. The highest BCUT2D eigenvalue weighted by Gasteiger charge is 2.31. The molecule has 2 aliphatic heterocycles. The van der Waals surface area contributed by atoms with Gasteiger partial charge < -0.3 is 14.4 Å². The molecule has 25 heavy (non-hydrogen) atoms. The van der Waals surface area contributed by atoms with Gasteiger partial charge in [-0.2, -0.15) is 0 Å². The van der Waals surface area contributed by atoms with Crippen molar-refractivity contribution in [2.45, 2.75) is 19.6 Å². The number of hydrogen-bond donors (Lipinski definition) is 0. The van der Waals surface area contributed by atoms with Crippen molar-refractivity contribution >= 4 is 39.1 Å². The molecule has 0 saturated carbocycles. The summed E-state index contributed by atoms with van der Waals surface area (Å²) in [6.45, 7) is 3.78. The van der Waals surface area contributed by atoms with Crippen LogP contribution < -0.4 is 0 Å². The molecule has 1 aromatic heterocycles. The van der Waals surface area contributed by atoms with E-state index in [1.54, 1.807) is 17.2 Å². The molecule has 0 bridgehead atoms. The number of carbonyl (C=O) groups excluding carboxylic acids is 2. The Hall–Kier alpha value is -1.77. The van der Waals surface area contributed by atoms with Gasteiger partial charge in [0.15, 0.2) is 3.92 Å². The number of esters is 1.